The molecule has 0 bridgehead atoms. The summed E-state index contributed by atoms with van der Waals surface area (Å²) in [4.78, 5) is 0. The first-order valence-corrected chi connectivity index (χ1v) is 7.55. The first-order chi connectivity index (χ1) is 9.37. The van der Waals surface area contributed by atoms with Crippen LogP contribution < -0.4 is 5.32 Å². The Balaban J connectivity index is 3.50. The van der Waals surface area contributed by atoms with Gasteiger partial charge in [0.15, 0.2) is 0 Å². The summed E-state index contributed by atoms with van der Waals surface area (Å²) in [5, 5.41) is 22.8. The van der Waals surface area contributed by atoms with Crippen molar-refractivity contribution in [3.63, 3.8) is 0 Å². The largest absolute Gasteiger partial charge is 0.389 e. The van der Waals surface area contributed by atoms with E-state index in [2.05, 4.69) is 19.2 Å². The molecule has 0 heterocycles. The highest BCUT2D eigenvalue weighted by molar-refractivity contribution is 4.76. The monoisotopic (exact) mass is 291 g/mol. The Morgan fingerprint density at radius 3 is 2.55 bits per heavy atom. The lowest BCUT2D eigenvalue weighted by atomic mass is 10.0. The molecule has 20 heavy (non-hydrogen) atoms. The first-order valence-electron chi connectivity index (χ1n) is 7.55. The van der Waals surface area contributed by atoms with Gasteiger partial charge in [0.2, 0.25) is 0 Å². The normalized spacial score (nSPS) is 16.4. The van der Waals surface area contributed by atoms with Gasteiger partial charge in [-0.25, -0.2) is 0 Å². The van der Waals surface area contributed by atoms with E-state index in [1.165, 1.54) is 0 Å². The lowest BCUT2D eigenvalue weighted by Crippen LogP contribution is -2.42. The van der Waals surface area contributed by atoms with Gasteiger partial charge in [0.05, 0.1) is 18.3 Å². The first kappa shape index (κ1) is 19.8. The number of ether oxygens (including phenoxy) is 2. The van der Waals surface area contributed by atoms with Gasteiger partial charge in [-0.3, -0.25) is 0 Å². The zero-order valence-electron chi connectivity index (χ0n) is 13.5. The molecule has 0 aromatic carbocycles. The summed E-state index contributed by atoms with van der Waals surface area (Å²) in [5.74, 6) is 0.694. The second kappa shape index (κ2) is 11.5. The van der Waals surface area contributed by atoms with Crippen molar-refractivity contribution in [2.45, 2.75) is 51.7 Å². The van der Waals surface area contributed by atoms with Crippen molar-refractivity contribution in [3.05, 3.63) is 0 Å². The third-order valence-corrected chi connectivity index (χ3v) is 3.11. The molecule has 0 aromatic heterocycles. The van der Waals surface area contributed by atoms with Crippen molar-refractivity contribution < 1.29 is 19.7 Å². The van der Waals surface area contributed by atoms with E-state index >= 15 is 0 Å². The summed E-state index contributed by atoms with van der Waals surface area (Å²) in [5.41, 5.74) is -0.812. The quantitative estimate of drug-likeness (QED) is 0.445. The SMILES string of the molecule is COCCC(C)(O)CNCC(O)COCCCC(C)C. The average Bonchev–Trinajstić information content (AvgIpc) is 2.35. The Labute approximate surface area is 123 Å². The highest BCUT2D eigenvalue weighted by Gasteiger charge is 2.19. The van der Waals surface area contributed by atoms with Gasteiger partial charge in [-0.15, -0.1) is 0 Å². The molecule has 0 radical (unpaired) electrons. The van der Waals surface area contributed by atoms with Crippen LogP contribution in [0.25, 0.3) is 0 Å². The molecule has 2 unspecified atom stereocenters. The second-order valence-electron chi connectivity index (χ2n) is 6.14. The molecule has 3 N–H and O–H groups in total. The van der Waals surface area contributed by atoms with E-state index in [0.717, 1.165) is 12.8 Å². The van der Waals surface area contributed by atoms with Crippen LogP contribution in [0.1, 0.15) is 40.0 Å². The predicted octanol–water partition coefficient (Wildman–Crippen LogP) is 1.18. The summed E-state index contributed by atoms with van der Waals surface area (Å²) in [7, 11) is 1.61. The molecule has 0 aromatic rings. The molecule has 2 atom stereocenters. The van der Waals surface area contributed by atoms with E-state index < -0.39 is 11.7 Å². The summed E-state index contributed by atoms with van der Waals surface area (Å²) in [6.07, 6.45) is 2.21. The maximum absolute atomic E-state index is 10.0. The Hall–Kier alpha value is -0.200. The van der Waals surface area contributed by atoms with Crippen LogP contribution in [-0.2, 0) is 9.47 Å². The van der Waals surface area contributed by atoms with E-state index in [9.17, 15) is 10.2 Å². The van der Waals surface area contributed by atoms with Crippen LogP contribution in [0, 0.1) is 5.92 Å². The zero-order valence-corrected chi connectivity index (χ0v) is 13.5. The lowest BCUT2D eigenvalue weighted by Gasteiger charge is -2.24. The molecular formula is C15H33NO4. The molecule has 0 aliphatic carbocycles. The minimum Gasteiger partial charge on any atom is -0.389 e. The second-order valence-corrected chi connectivity index (χ2v) is 6.14. The number of nitrogens with one attached hydrogen (secondary N) is 1. The number of hydrogen-bond donors (Lipinski definition) is 3. The number of methoxy groups -OCH3 is 1. The molecule has 122 valence electrons. The molecule has 0 aliphatic heterocycles. The fourth-order valence-electron chi connectivity index (χ4n) is 1.79. The van der Waals surface area contributed by atoms with Gasteiger partial charge in [0.1, 0.15) is 0 Å². The Morgan fingerprint density at radius 2 is 1.95 bits per heavy atom. The van der Waals surface area contributed by atoms with Gasteiger partial charge in [-0.1, -0.05) is 13.8 Å². The molecule has 0 saturated heterocycles. The predicted molar refractivity (Wildman–Crippen MR) is 80.9 cm³/mol. The highest BCUT2D eigenvalue weighted by Crippen LogP contribution is 2.07. The number of aliphatic hydroxyl groups excluding tert-OH is 1. The van der Waals surface area contributed by atoms with Gasteiger partial charge >= 0.3 is 0 Å². The van der Waals surface area contributed by atoms with E-state index in [1.54, 1.807) is 14.0 Å². The molecule has 0 spiro atoms. The molecule has 0 amide bonds. The summed E-state index contributed by atoms with van der Waals surface area (Å²) in [6.45, 7) is 8.55. The third kappa shape index (κ3) is 12.8. The van der Waals surface area contributed by atoms with Gasteiger partial charge in [0, 0.05) is 39.8 Å². The Kier molecular flexibility index (Phi) is 11.3. The smallest absolute Gasteiger partial charge is 0.0897 e. The molecule has 5 nitrogen and oxygen atoms in total. The standard InChI is InChI=1S/C15H33NO4/c1-13(2)6-5-8-20-11-14(17)10-16-12-15(3,18)7-9-19-4/h13-14,16-18H,5-12H2,1-4H3. The van der Waals surface area contributed by atoms with E-state index in [-0.39, 0.29) is 0 Å². The van der Waals surface area contributed by atoms with Crippen LogP contribution in [0.15, 0.2) is 0 Å². The minimum atomic E-state index is -0.812. The van der Waals surface area contributed by atoms with Gasteiger partial charge in [0.25, 0.3) is 0 Å². The summed E-state index contributed by atoms with van der Waals surface area (Å²) < 4.78 is 10.4. The molecule has 5 heteroatoms. The zero-order chi connectivity index (χ0) is 15.4. The fourth-order valence-corrected chi connectivity index (χ4v) is 1.79. The Bertz CT molecular complexity index is 222. The van der Waals surface area contributed by atoms with Crippen LogP contribution >= 0.6 is 0 Å². The third-order valence-electron chi connectivity index (χ3n) is 3.11. The molecular weight excluding hydrogens is 258 g/mol. The average molecular weight is 291 g/mol. The van der Waals surface area contributed by atoms with Gasteiger partial charge in [-0.2, -0.15) is 0 Å². The number of rotatable bonds is 13. The van der Waals surface area contributed by atoms with Crippen LogP contribution in [0.3, 0.4) is 0 Å². The number of hydrogen-bond acceptors (Lipinski definition) is 5. The van der Waals surface area contributed by atoms with Crippen molar-refractivity contribution >= 4 is 0 Å². The van der Waals surface area contributed by atoms with Crippen molar-refractivity contribution in [2.75, 3.05) is 40.0 Å². The highest BCUT2D eigenvalue weighted by atomic mass is 16.5. The van der Waals surface area contributed by atoms with Crippen molar-refractivity contribution in [1.29, 1.82) is 0 Å². The minimum absolute atomic E-state index is 0.339. The van der Waals surface area contributed by atoms with E-state index in [1.807, 2.05) is 0 Å². The van der Waals surface area contributed by atoms with Gasteiger partial charge < -0.3 is 25.0 Å². The van der Waals surface area contributed by atoms with Gasteiger partial charge in [-0.05, 0) is 25.7 Å². The van der Waals surface area contributed by atoms with Crippen LogP contribution in [0.5, 0.6) is 0 Å². The summed E-state index contributed by atoms with van der Waals surface area (Å²) in [6, 6.07) is 0. The molecule has 0 saturated carbocycles. The van der Waals surface area contributed by atoms with Crippen LogP contribution in [0.2, 0.25) is 0 Å². The fraction of sp³-hybridized carbons (Fsp3) is 1.00. The molecule has 0 rings (SSSR count). The molecule has 0 aliphatic rings. The Morgan fingerprint density at radius 1 is 1.25 bits per heavy atom. The molecule has 0 fully saturated rings. The van der Waals surface area contributed by atoms with Crippen molar-refractivity contribution in [3.8, 4) is 0 Å². The van der Waals surface area contributed by atoms with Crippen LogP contribution in [0.4, 0.5) is 0 Å². The maximum Gasteiger partial charge on any atom is 0.0897 e. The number of aliphatic hydroxyl groups is 2. The summed E-state index contributed by atoms with van der Waals surface area (Å²) >= 11 is 0. The maximum atomic E-state index is 10.0. The lowest BCUT2D eigenvalue weighted by molar-refractivity contribution is 0.0126. The van der Waals surface area contributed by atoms with E-state index in [0.29, 0.717) is 45.2 Å². The van der Waals surface area contributed by atoms with Crippen molar-refractivity contribution in [1.82, 2.24) is 5.32 Å². The van der Waals surface area contributed by atoms with Crippen molar-refractivity contribution in [2.24, 2.45) is 5.92 Å². The topological polar surface area (TPSA) is 71.0 Å². The van der Waals surface area contributed by atoms with Crippen LogP contribution in [-0.4, -0.2) is 61.9 Å². The van der Waals surface area contributed by atoms with E-state index in [4.69, 9.17) is 9.47 Å².